The number of hydrogen-bond acceptors (Lipinski definition) is 3. The zero-order valence-electron chi connectivity index (χ0n) is 10.3. The Hall–Kier alpha value is -1.00. The Morgan fingerprint density at radius 3 is 2.71 bits per heavy atom. The van der Waals surface area contributed by atoms with Gasteiger partial charge in [-0.05, 0) is 37.4 Å². The molecule has 0 unspecified atom stereocenters. The molecule has 0 saturated carbocycles. The van der Waals surface area contributed by atoms with Crippen molar-refractivity contribution in [2.24, 2.45) is 0 Å². The Labute approximate surface area is 107 Å². The lowest BCUT2D eigenvalue weighted by atomic mass is 10.1. The summed E-state index contributed by atoms with van der Waals surface area (Å²) in [6, 6.07) is 8.23. The number of piperazine rings is 1. The summed E-state index contributed by atoms with van der Waals surface area (Å²) in [5.41, 5.74) is 0.789. The third-order valence-electron chi connectivity index (χ3n) is 2.99. The van der Waals surface area contributed by atoms with Gasteiger partial charge in [-0.2, -0.15) is 0 Å². The van der Waals surface area contributed by atoms with Crippen LogP contribution in [0.25, 0.3) is 0 Å². The summed E-state index contributed by atoms with van der Waals surface area (Å²) in [7, 11) is 0. The van der Waals surface area contributed by atoms with Crippen LogP contribution in [0.2, 0.25) is 0 Å². The highest BCUT2D eigenvalue weighted by Crippen LogP contribution is 2.16. The van der Waals surface area contributed by atoms with Crippen LogP contribution in [0.3, 0.4) is 0 Å². The predicted molar refractivity (Wildman–Crippen MR) is 71.6 cm³/mol. The second-order valence-electron chi connectivity index (χ2n) is 4.33. The van der Waals surface area contributed by atoms with E-state index in [0.29, 0.717) is 6.04 Å². The van der Waals surface area contributed by atoms with Crippen LogP contribution in [0, 0.1) is 0 Å². The number of amides is 1. The standard InChI is InChI=1S/C13H18N2OS/c1-10-9-15(8-7-14-10)13(16)11-3-5-12(17-2)6-4-11/h3-6,10,14H,7-9H2,1-2H3/t10-/m0/s1. The number of hydrogen-bond donors (Lipinski definition) is 1. The van der Waals surface area contributed by atoms with E-state index in [-0.39, 0.29) is 5.91 Å². The van der Waals surface area contributed by atoms with Gasteiger partial charge in [0.2, 0.25) is 0 Å². The van der Waals surface area contributed by atoms with Crippen LogP contribution in [0.4, 0.5) is 0 Å². The van der Waals surface area contributed by atoms with Crippen molar-refractivity contribution in [2.45, 2.75) is 17.9 Å². The Kier molecular flexibility index (Phi) is 4.07. The van der Waals surface area contributed by atoms with E-state index in [1.807, 2.05) is 35.4 Å². The van der Waals surface area contributed by atoms with Crippen LogP contribution in [0.1, 0.15) is 17.3 Å². The highest BCUT2D eigenvalue weighted by atomic mass is 32.2. The van der Waals surface area contributed by atoms with Crippen LogP contribution in [-0.2, 0) is 0 Å². The second-order valence-corrected chi connectivity index (χ2v) is 5.21. The Balaban J connectivity index is 2.07. The molecule has 92 valence electrons. The predicted octanol–water partition coefficient (Wildman–Crippen LogP) is 1.84. The highest BCUT2D eigenvalue weighted by molar-refractivity contribution is 7.98. The molecule has 1 N–H and O–H groups in total. The number of nitrogens with zero attached hydrogens (tertiary/aromatic N) is 1. The summed E-state index contributed by atoms with van der Waals surface area (Å²) < 4.78 is 0. The number of thioether (sulfide) groups is 1. The smallest absolute Gasteiger partial charge is 0.253 e. The molecular weight excluding hydrogens is 232 g/mol. The Bertz CT molecular complexity index is 391. The first-order valence-corrected chi connectivity index (χ1v) is 7.10. The number of carbonyl (C=O) groups excluding carboxylic acids is 1. The highest BCUT2D eigenvalue weighted by Gasteiger charge is 2.21. The summed E-state index contributed by atoms with van der Waals surface area (Å²) in [4.78, 5) is 15.4. The van der Waals surface area contributed by atoms with E-state index < -0.39 is 0 Å². The minimum Gasteiger partial charge on any atom is -0.336 e. The Morgan fingerprint density at radius 2 is 2.12 bits per heavy atom. The van der Waals surface area contributed by atoms with Crippen LogP contribution in [-0.4, -0.2) is 42.7 Å². The first-order valence-electron chi connectivity index (χ1n) is 5.87. The van der Waals surface area contributed by atoms with Crippen molar-refractivity contribution in [1.82, 2.24) is 10.2 Å². The minimum atomic E-state index is 0.144. The number of benzene rings is 1. The summed E-state index contributed by atoms with van der Waals surface area (Å²) in [5, 5.41) is 3.34. The first-order chi connectivity index (χ1) is 8.20. The molecule has 1 atom stereocenters. The fourth-order valence-electron chi connectivity index (χ4n) is 2.03. The molecule has 0 aliphatic carbocycles. The van der Waals surface area contributed by atoms with E-state index in [1.165, 1.54) is 4.90 Å². The fraction of sp³-hybridized carbons (Fsp3) is 0.462. The molecule has 2 rings (SSSR count). The number of carbonyl (C=O) groups is 1. The van der Waals surface area contributed by atoms with Gasteiger partial charge in [-0.15, -0.1) is 11.8 Å². The fourth-order valence-corrected chi connectivity index (χ4v) is 2.44. The topological polar surface area (TPSA) is 32.3 Å². The average Bonchev–Trinajstić information content (AvgIpc) is 2.38. The molecule has 1 aromatic carbocycles. The van der Waals surface area contributed by atoms with E-state index in [2.05, 4.69) is 12.2 Å². The molecule has 0 radical (unpaired) electrons. The molecule has 0 aromatic heterocycles. The minimum absolute atomic E-state index is 0.144. The van der Waals surface area contributed by atoms with Gasteiger partial charge in [0, 0.05) is 36.1 Å². The van der Waals surface area contributed by atoms with Crippen molar-refractivity contribution in [3.63, 3.8) is 0 Å². The van der Waals surface area contributed by atoms with E-state index >= 15 is 0 Å². The van der Waals surface area contributed by atoms with Crippen molar-refractivity contribution in [3.05, 3.63) is 29.8 Å². The largest absolute Gasteiger partial charge is 0.336 e. The lowest BCUT2D eigenvalue weighted by Gasteiger charge is -2.32. The van der Waals surface area contributed by atoms with Crippen LogP contribution in [0.15, 0.2) is 29.2 Å². The summed E-state index contributed by atoms with van der Waals surface area (Å²) in [6.07, 6.45) is 2.04. The van der Waals surface area contributed by atoms with Gasteiger partial charge in [0.05, 0.1) is 0 Å². The second kappa shape index (κ2) is 5.56. The molecule has 1 aliphatic rings. The zero-order chi connectivity index (χ0) is 12.3. The average molecular weight is 250 g/mol. The van der Waals surface area contributed by atoms with E-state index in [9.17, 15) is 4.79 Å². The van der Waals surface area contributed by atoms with E-state index in [4.69, 9.17) is 0 Å². The third kappa shape index (κ3) is 3.01. The van der Waals surface area contributed by atoms with Gasteiger partial charge in [-0.1, -0.05) is 0 Å². The lowest BCUT2D eigenvalue weighted by Crippen LogP contribution is -2.51. The number of rotatable bonds is 2. The van der Waals surface area contributed by atoms with Gasteiger partial charge in [-0.25, -0.2) is 0 Å². The zero-order valence-corrected chi connectivity index (χ0v) is 11.1. The quantitative estimate of drug-likeness (QED) is 0.813. The molecule has 0 spiro atoms. The van der Waals surface area contributed by atoms with Crippen molar-refractivity contribution in [3.8, 4) is 0 Å². The van der Waals surface area contributed by atoms with Crippen LogP contribution >= 0.6 is 11.8 Å². The van der Waals surface area contributed by atoms with Crippen molar-refractivity contribution >= 4 is 17.7 Å². The summed E-state index contributed by atoms with van der Waals surface area (Å²) >= 11 is 1.69. The molecule has 3 nitrogen and oxygen atoms in total. The molecule has 0 bridgehead atoms. The molecule has 1 aliphatic heterocycles. The van der Waals surface area contributed by atoms with Gasteiger partial charge in [0.15, 0.2) is 0 Å². The molecule has 17 heavy (non-hydrogen) atoms. The summed E-state index contributed by atoms with van der Waals surface area (Å²) in [5.74, 6) is 0.144. The van der Waals surface area contributed by atoms with Crippen LogP contribution in [0.5, 0.6) is 0 Å². The maximum Gasteiger partial charge on any atom is 0.253 e. The molecular formula is C13H18N2OS. The number of nitrogens with one attached hydrogen (secondary N) is 1. The van der Waals surface area contributed by atoms with Gasteiger partial charge < -0.3 is 10.2 Å². The first kappa shape index (κ1) is 12.5. The normalized spacial score (nSPS) is 20.4. The molecule has 1 fully saturated rings. The van der Waals surface area contributed by atoms with Gasteiger partial charge in [0.25, 0.3) is 5.91 Å². The third-order valence-corrected chi connectivity index (χ3v) is 3.74. The monoisotopic (exact) mass is 250 g/mol. The van der Waals surface area contributed by atoms with Crippen molar-refractivity contribution in [2.75, 3.05) is 25.9 Å². The molecule has 1 saturated heterocycles. The summed E-state index contributed by atoms with van der Waals surface area (Å²) in [6.45, 7) is 4.59. The van der Waals surface area contributed by atoms with Gasteiger partial charge >= 0.3 is 0 Å². The maximum atomic E-state index is 12.2. The molecule has 1 amide bonds. The maximum absolute atomic E-state index is 12.2. The van der Waals surface area contributed by atoms with Crippen molar-refractivity contribution in [1.29, 1.82) is 0 Å². The molecule has 1 heterocycles. The Morgan fingerprint density at radius 1 is 1.41 bits per heavy atom. The van der Waals surface area contributed by atoms with Gasteiger partial charge in [0.1, 0.15) is 0 Å². The van der Waals surface area contributed by atoms with Crippen molar-refractivity contribution < 1.29 is 4.79 Å². The van der Waals surface area contributed by atoms with Crippen LogP contribution < -0.4 is 5.32 Å². The molecule has 4 heteroatoms. The van der Waals surface area contributed by atoms with Gasteiger partial charge in [-0.3, -0.25) is 4.79 Å². The SMILES string of the molecule is CSc1ccc(C(=O)N2CCN[C@@H](C)C2)cc1. The lowest BCUT2D eigenvalue weighted by molar-refractivity contribution is 0.0709. The van der Waals surface area contributed by atoms with E-state index in [1.54, 1.807) is 11.8 Å². The van der Waals surface area contributed by atoms with E-state index in [0.717, 1.165) is 25.2 Å². The molecule has 1 aromatic rings.